The summed E-state index contributed by atoms with van der Waals surface area (Å²) in [5, 5.41) is 3.51. The minimum Gasteiger partial charge on any atom is -0.316 e. The maximum Gasteiger partial charge on any atom is 0.00451 e. The summed E-state index contributed by atoms with van der Waals surface area (Å²) in [7, 11) is 0. The second kappa shape index (κ2) is 3.83. The molecule has 13 heavy (non-hydrogen) atoms. The van der Waals surface area contributed by atoms with Gasteiger partial charge in [0, 0.05) is 12.0 Å². The Balaban J connectivity index is 1.93. The molecular weight excluding hydrogens is 158 g/mol. The summed E-state index contributed by atoms with van der Waals surface area (Å²) in [6.07, 6.45) is 11.0. The van der Waals surface area contributed by atoms with E-state index < -0.39 is 0 Å². The van der Waals surface area contributed by atoms with Crippen molar-refractivity contribution in [3.05, 3.63) is 11.6 Å². The molecule has 0 spiro atoms. The first-order chi connectivity index (χ1) is 6.37. The molecule has 0 aromatic heterocycles. The van der Waals surface area contributed by atoms with Crippen LogP contribution in [0, 0.1) is 5.41 Å². The van der Waals surface area contributed by atoms with Crippen molar-refractivity contribution < 1.29 is 0 Å². The molecule has 0 radical (unpaired) electrons. The summed E-state index contributed by atoms with van der Waals surface area (Å²) in [5.74, 6) is 0. The van der Waals surface area contributed by atoms with Gasteiger partial charge in [-0.15, -0.1) is 0 Å². The normalized spacial score (nSPS) is 25.5. The predicted octanol–water partition coefficient (Wildman–Crippen LogP) is 2.88. The fraction of sp³-hybridized carbons (Fsp3) is 0.833. The minimum atomic E-state index is 0.621. The van der Waals surface area contributed by atoms with E-state index in [-0.39, 0.29) is 0 Å². The molecule has 1 saturated carbocycles. The standard InChI is InChI=1S/C12H21N/c1-2-13-10-12(8-9-12)11-6-4-3-5-7-11/h6,13H,2-5,7-10H2,1H3. The first-order valence-corrected chi connectivity index (χ1v) is 5.78. The average Bonchev–Trinajstić information content (AvgIpc) is 2.97. The Morgan fingerprint density at radius 3 is 2.77 bits per heavy atom. The van der Waals surface area contributed by atoms with Gasteiger partial charge in [-0.1, -0.05) is 18.6 Å². The van der Waals surface area contributed by atoms with E-state index in [1.165, 1.54) is 45.1 Å². The summed E-state index contributed by atoms with van der Waals surface area (Å²) in [5.41, 5.74) is 2.40. The highest BCUT2D eigenvalue weighted by atomic mass is 14.9. The maximum absolute atomic E-state index is 3.51. The third-order valence-corrected chi connectivity index (χ3v) is 3.54. The SMILES string of the molecule is CCNCC1(C2=CCCCC2)CC1. The van der Waals surface area contributed by atoms with Crippen molar-refractivity contribution in [2.75, 3.05) is 13.1 Å². The molecule has 0 saturated heterocycles. The van der Waals surface area contributed by atoms with Crippen molar-refractivity contribution in [3.63, 3.8) is 0 Å². The van der Waals surface area contributed by atoms with Crippen molar-refractivity contribution in [1.82, 2.24) is 5.32 Å². The van der Waals surface area contributed by atoms with Crippen LogP contribution in [0.3, 0.4) is 0 Å². The molecule has 0 atom stereocenters. The van der Waals surface area contributed by atoms with Crippen LogP contribution in [0.25, 0.3) is 0 Å². The number of hydrogen-bond donors (Lipinski definition) is 1. The Hall–Kier alpha value is -0.300. The molecule has 1 N–H and O–H groups in total. The van der Waals surface area contributed by atoms with Gasteiger partial charge in [-0.25, -0.2) is 0 Å². The van der Waals surface area contributed by atoms with Gasteiger partial charge >= 0.3 is 0 Å². The van der Waals surface area contributed by atoms with Gasteiger partial charge in [-0.2, -0.15) is 0 Å². The maximum atomic E-state index is 3.51. The Morgan fingerprint density at radius 2 is 2.23 bits per heavy atom. The fourth-order valence-electron chi connectivity index (χ4n) is 2.45. The van der Waals surface area contributed by atoms with Gasteiger partial charge < -0.3 is 5.32 Å². The van der Waals surface area contributed by atoms with Gasteiger partial charge in [-0.3, -0.25) is 0 Å². The van der Waals surface area contributed by atoms with Crippen molar-refractivity contribution >= 4 is 0 Å². The quantitative estimate of drug-likeness (QED) is 0.654. The van der Waals surface area contributed by atoms with E-state index in [1.54, 1.807) is 5.57 Å². The lowest BCUT2D eigenvalue weighted by molar-refractivity contribution is 0.496. The van der Waals surface area contributed by atoms with Crippen LogP contribution in [0.15, 0.2) is 11.6 Å². The molecule has 0 aliphatic heterocycles. The van der Waals surface area contributed by atoms with Crippen molar-refractivity contribution in [1.29, 1.82) is 0 Å². The van der Waals surface area contributed by atoms with Crippen LogP contribution in [0.4, 0.5) is 0 Å². The van der Waals surface area contributed by atoms with E-state index >= 15 is 0 Å². The van der Waals surface area contributed by atoms with Gasteiger partial charge in [0.15, 0.2) is 0 Å². The molecule has 0 heterocycles. The molecule has 2 aliphatic carbocycles. The summed E-state index contributed by atoms with van der Waals surface area (Å²) < 4.78 is 0. The fourth-order valence-corrected chi connectivity index (χ4v) is 2.45. The zero-order chi connectivity index (χ0) is 9.15. The van der Waals surface area contributed by atoms with Crippen LogP contribution in [0.2, 0.25) is 0 Å². The Morgan fingerprint density at radius 1 is 1.38 bits per heavy atom. The highest BCUT2D eigenvalue weighted by molar-refractivity contribution is 5.24. The Bertz CT molecular complexity index is 201. The number of nitrogens with one attached hydrogen (secondary N) is 1. The van der Waals surface area contributed by atoms with E-state index in [0.29, 0.717) is 5.41 Å². The molecular formula is C12H21N. The van der Waals surface area contributed by atoms with Gasteiger partial charge in [-0.05, 0) is 45.1 Å². The van der Waals surface area contributed by atoms with Gasteiger partial charge in [0.05, 0.1) is 0 Å². The summed E-state index contributed by atoms with van der Waals surface area (Å²) >= 11 is 0. The number of allylic oxidation sites excluding steroid dienone is 1. The Labute approximate surface area is 81.6 Å². The lowest BCUT2D eigenvalue weighted by atomic mass is 9.86. The first-order valence-electron chi connectivity index (χ1n) is 5.78. The van der Waals surface area contributed by atoms with Crippen LogP contribution in [0.1, 0.15) is 45.4 Å². The summed E-state index contributed by atoms with van der Waals surface area (Å²) in [6, 6.07) is 0. The van der Waals surface area contributed by atoms with Gasteiger partial charge in [0.1, 0.15) is 0 Å². The molecule has 0 aromatic carbocycles. The monoisotopic (exact) mass is 179 g/mol. The third-order valence-electron chi connectivity index (χ3n) is 3.54. The lowest BCUT2D eigenvalue weighted by Gasteiger charge is -2.22. The topological polar surface area (TPSA) is 12.0 Å². The van der Waals surface area contributed by atoms with E-state index in [9.17, 15) is 0 Å². The molecule has 0 amide bonds. The lowest BCUT2D eigenvalue weighted by Crippen LogP contribution is -2.25. The van der Waals surface area contributed by atoms with Crippen LogP contribution >= 0.6 is 0 Å². The molecule has 2 aliphatic rings. The van der Waals surface area contributed by atoms with Gasteiger partial charge in [0.2, 0.25) is 0 Å². The molecule has 74 valence electrons. The number of rotatable bonds is 4. The minimum absolute atomic E-state index is 0.621. The largest absolute Gasteiger partial charge is 0.316 e. The zero-order valence-corrected chi connectivity index (χ0v) is 8.73. The molecule has 1 heteroatoms. The molecule has 1 fully saturated rings. The van der Waals surface area contributed by atoms with Crippen LogP contribution in [-0.4, -0.2) is 13.1 Å². The zero-order valence-electron chi connectivity index (χ0n) is 8.73. The van der Waals surface area contributed by atoms with Crippen molar-refractivity contribution in [2.24, 2.45) is 5.41 Å². The van der Waals surface area contributed by atoms with Crippen LogP contribution in [0.5, 0.6) is 0 Å². The highest BCUT2D eigenvalue weighted by Crippen LogP contribution is 2.53. The second-order valence-corrected chi connectivity index (χ2v) is 4.54. The highest BCUT2D eigenvalue weighted by Gasteiger charge is 2.44. The van der Waals surface area contributed by atoms with E-state index in [0.717, 1.165) is 6.54 Å². The van der Waals surface area contributed by atoms with E-state index in [4.69, 9.17) is 0 Å². The second-order valence-electron chi connectivity index (χ2n) is 4.54. The summed E-state index contributed by atoms with van der Waals surface area (Å²) in [4.78, 5) is 0. The predicted molar refractivity (Wildman–Crippen MR) is 56.8 cm³/mol. The molecule has 0 bridgehead atoms. The van der Waals surface area contributed by atoms with E-state index in [2.05, 4.69) is 18.3 Å². The molecule has 2 rings (SSSR count). The Kier molecular flexibility index (Phi) is 2.73. The molecule has 1 nitrogen and oxygen atoms in total. The smallest absolute Gasteiger partial charge is 0.00451 e. The summed E-state index contributed by atoms with van der Waals surface area (Å²) in [6.45, 7) is 4.55. The first kappa shape index (κ1) is 9.26. The van der Waals surface area contributed by atoms with Crippen molar-refractivity contribution in [3.8, 4) is 0 Å². The van der Waals surface area contributed by atoms with Crippen molar-refractivity contribution in [2.45, 2.75) is 45.4 Å². The average molecular weight is 179 g/mol. The van der Waals surface area contributed by atoms with Gasteiger partial charge in [0.25, 0.3) is 0 Å². The van der Waals surface area contributed by atoms with Crippen LogP contribution < -0.4 is 5.32 Å². The van der Waals surface area contributed by atoms with E-state index in [1.807, 2.05) is 0 Å². The third kappa shape index (κ3) is 1.96. The molecule has 0 unspecified atom stereocenters. The molecule has 0 aromatic rings. The van der Waals surface area contributed by atoms with Crippen LogP contribution in [-0.2, 0) is 0 Å². The number of hydrogen-bond acceptors (Lipinski definition) is 1.